The number of nitrogens with one attached hydrogen (secondary N) is 1. The fraction of sp³-hybridized carbons (Fsp3) is 0.412. The van der Waals surface area contributed by atoms with E-state index < -0.39 is 0 Å². The molecule has 4 rings (SSSR count). The van der Waals surface area contributed by atoms with Crippen LogP contribution >= 0.6 is 0 Å². The number of nitrogens with zero attached hydrogens (tertiary/aromatic N) is 4. The third-order valence-electron chi connectivity index (χ3n) is 4.09. The topological polar surface area (TPSA) is 86.0 Å². The number of aromatic nitrogens is 4. The lowest BCUT2D eigenvalue weighted by atomic mass is 10.1. The van der Waals surface area contributed by atoms with Crippen LogP contribution in [0.3, 0.4) is 0 Å². The van der Waals surface area contributed by atoms with E-state index in [1.807, 2.05) is 24.3 Å². The van der Waals surface area contributed by atoms with Crippen molar-refractivity contribution in [2.45, 2.75) is 25.2 Å². The van der Waals surface area contributed by atoms with Gasteiger partial charge in [-0.1, -0.05) is 29.4 Å². The Labute approximate surface area is 139 Å². The molecule has 0 spiro atoms. The molecule has 124 valence electrons. The van der Waals surface area contributed by atoms with E-state index in [-0.39, 0.29) is 0 Å². The maximum Gasteiger partial charge on any atom is 0.279 e. The zero-order valence-electron chi connectivity index (χ0n) is 13.5. The Morgan fingerprint density at radius 1 is 1.21 bits per heavy atom. The van der Waals surface area contributed by atoms with Gasteiger partial charge in [-0.05, 0) is 19.3 Å². The van der Waals surface area contributed by atoms with Crippen LogP contribution in [0.5, 0.6) is 0 Å². The second-order valence-electron chi connectivity index (χ2n) is 5.95. The van der Waals surface area contributed by atoms with Crippen molar-refractivity contribution < 1.29 is 9.26 Å². The average molecular weight is 325 g/mol. The summed E-state index contributed by atoms with van der Waals surface area (Å²) in [6.45, 7) is 1.49. The first-order chi connectivity index (χ1) is 11.9. The number of ether oxygens (including phenoxy) is 1. The lowest BCUT2D eigenvalue weighted by Gasteiger charge is -2.09. The van der Waals surface area contributed by atoms with Crippen molar-refractivity contribution >= 4 is 16.6 Å². The van der Waals surface area contributed by atoms with Gasteiger partial charge >= 0.3 is 0 Å². The summed E-state index contributed by atoms with van der Waals surface area (Å²) in [6.07, 6.45) is 3.17. The van der Waals surface area contributed by atoms with Crippen LogP contribution in [0.25, 0.3) is 22.4 Å². The van der Waals surface area contributed by atoms with Gasteiger partial charge in [-0.15, -0.1) is 10.2 Å². The molecule has 7 heteroatoms. The third kappa shape index (κ3) is 2.94. The molecule has 3 aromatic rings. The molecule has 1 N–H and O–H groups in total. The van der Waals surface area contributed by atoms with Gasteiger partial charge < -0.3 is 14.6 Å². The summed E-state index contributed by atoms with van der Waals surface area (Å²) in [4.78, 5) is 4.49. The molecule has 2 heterocycles. The smallest absolute Gasteiger partial charge is 0.279 e. The minimum atomic E-state index is 0.437. The van der Waals surface area contributed by atoms with E-state index in [9.17, 15) is 0 Å². The third-order valence-corrected chi connectivity index (χ3v) is 4.09. The van der Waals surface area contributed by atoms with Crippen molar-refractivity contribution in [2.75, 3.05) is 25.6 Å². The molecule has 1 aliphatic rings. The number of fused-ring (bicyclic) bond motifs is 1. The number of hydrogen-bond acceptors (Lipinski definition) is 7. The number of benzene rings is 1. The van der Waals surface area contributed by atoms with Gasteiger partial charge in [0.15, 0.2) is 17.3 Å². The SMILES string of the molecule is COCCCNc1nnc(-c2nc(C3CC3)no2)c2ccccc12. The van der Waals surface area contributed by atoms with Gasteiger partial charge in [-0.25, -0.2) is 0 Å². The van der Waals surface area contributed by atoms with Crippen molar-refractivity contribution in [1.82, 2.24) is 20.3 Å². The maximum absolute atomic E-state index is 5.41. The Kier molecular flexibility index (Phi) is 4.08. The van der Waals surface area contributed by atoms with Gasteiger partial charge in [0.1, 0.15) is 0 Å². The summed E-state index contributed by atoms with van der Waals surface area (Å²) < 4.78 is 10.5. The Hall–Kier alpha value is -2.54. The van der Waals surface area contributed by atoms with Crippen molar-refractivity contribution in [3.8, 4) is 11.6 Å². The van der Waals surface area contributed by atoms with E-state index in [1.165, 1.54) is 0 Å². The lowest BCUT2D eigenvalue weighted by molar-refractivity contribution is 0.198. The van der Waals surface area contributed by atoms with Crippen LogP contribution in [0, 0.1) is 0 Å². The zero-order chi connectivity index (χ0) is 16.4. The molecule has 1 aromatic carbocycles. The molecule has 0 unspecified atom stereocenters. The van der Waals surface area contributed by atoms with Crippen LogP contribution < -0.4 is 5.32 Å². The van der Waals surface area contributed by atoms with Gasteiger partial charge in [-0.3, -0.25) is 0 Å². The minimum Gasteiger partial charge on any atom is -0.385 e. The molecule has 0 saturated heterocycles. The maximum atomic E-state index is 5.41. The summed E-state index contributed by atoms with van der Waals surface area (Å²) in [7, 11) is 1.70. The van der Waals surface area contributed by atoms with Crippen LogP contribution in [-0.4, -0.2) is 40.6 Å². The van der Waals surface area contributed by atoms with Crippen molar-refractivity contribution in [1.29, 1.82) is 0 Å². The largest absolute Gasteiger partial charge is 0.385 e. The molecule has 24 heavy (non-hydrogen) atoms. The van der Waals surface area contributed by atoms with E-state index in [4.69, 9.17) is 9.26 Å². The first-order valence-corrected chi connectivity index (χ1v) is 8.19. The predicted molar refractivity (Wildman–Crippen MR) is 89.8 cm³/mol. The Morgan fingerprint density at radius 2 is 2.04 bits per heavy atom. The molecule has 0 radical (unpaired) electrons. The molecule has 7 nitrogen and oxygen atoms in total. The van der Waals surface area contributed by atoms with Gasteiger partial charge in [0.2, 0.25) is 0 Å². The highest BCUT2D eigenvalue weighted by molar-refractivity contribution is 5.98. The summed E-state index contributed by atoms with van der Waals surface area (Å²) in [6, 6.07) is 7.98. The molecular weight excluding hydrogens is 306 g/mol. The van der Waals surface area contributed by atoms with Crippen molar-refractivity contribution in [3.63, 3.8) is 0 Å². The fourth-order valence-corrected chi connectivity index (χ4v) is 2.65. The normalized spacial score (nSPS) is 14.2. The number of methoxy groups -OCH3 is 1. The standard InChI is InChI=1S/C17H19N5O2/c1-23-10-4-9-18-16-13-6-3-2-5-12(13)14(20-21-16)17-19-15(22-24-17)11-7-8-11/h2-3,5-6,11H,4,7-10H2,1H3,(H,18,21). The van der Waals surface area contributed by atoms with Gasteiger partial charge in [0, 0.05) is 37.0 Å². The summed E-state index contributed by atoms with van der Waals surface area (Å²) >= 11 is 0. The van der Waals surface area contributed by atoms with Crippen LogP contribution in [0.15, 0.2) is 28.8 Å². The van der Waals surface area contributed by atoms with E-state index in [0.29, 0.717) is 24.1 Å². The molecule has 0 amide bonds. The summed E-state index contributed by atoms with van der Waals surface area (Å²) in [5.41, 5.74) is 0.632. The highest BCUT2D eigenvalue weighted by atomic mass is 16.5. The first kappa shape index (κ1) is 15.0. The Bertz CT molecular complexity index is 844. The fourth-order valence-electron chi connectivity index (χ4n) is 2.65. The second kappa shape index (κ2) is 6.52. The van der Waals surface area contributed by atoms with Crippen LogP contribution in [-0.2, 0) is 4.74 Å². The highest BCUT2D eigenvalue weighted by Crippen LogP contribution is 2.39. The molecule has 0 atom stereocenters. The minimum absolute atomic E-state index is 0.437. The summed E-state index contributed by atoms with van der Waals surface area (Å²) in [5.74, 6) is 2.42. The highest BCUT2D eigenvalue weighted by Gasteiger charge is 2.29. The predicted octanol–water partition coefficient (Wildman–Crippen LogP) is 3.01. The summed E-state index contributed by atoms with van der Waals surface area (Å²) in [5, 5.41) is 18.0. The Balaban J connectivity index is 1.66. The van der Waals surface area contributed by atoms with Crippen LogP contribution in [0.4, 0.5) is 5.82 Å². The van der Waals surface area contributed by atoms with Gasteiger partial charge in [-0.2, -0.15) is 4.98 Å². The van der Waals surface area contributed by atoms with Crippen LogP contribution in [0.1, 0.15) is 31.0 Å². The number of anilines is 1. The molecule has 0 aliphatic heterocycles. The molecule has 1 aliphatic carbocycles. The molecule has 0 bridgehead atoms. The Morgan fingerprint density at radius 3 is 2.83 bits per heavy atom. The van der Waals surface area contributed by atoms with Crippen molar-refractivity contribution in [2.24, 2.45) is 0 Å². The van der Waals surface area contributed by atoms with Crippen LogP contribution in [0.2, 0.25) is 0 Å². The van der Waals surface area contributed by atoms with E-state index >= 15 is 0 Å². The molecular formula is C17H19N5O2. The number of hydrogen-bond donors (Lipinski definition) is 1. The van der Waals surface area contributed by atoms with Crippen molar-refractivity contribution in [3.05, 3.63) is 30.1 Å². The van der Waals surface area contributed by atoms with Gasteiger partial charge in [0.25, 0.3) is 5.89 Å². The van der Waals surface area contributed by atoms with E-state index in [0.717, 1.165) is 48.2 Å². The zero-order valence-corrected chi connectivity index (χ0v) is 13.5. The monoisotopic (exact) mass is 325 g/mol. The van der Waals surface area contributed by atoms with Gasteiger partial charge in [0.05, 0.1) is 0 Å². The molecule has 1 saturated carbocycles. The van der Waals surface area contributed by atoms with E-state index in [2.05, 4.69) is 25.7 Å². The average Bonchev–Trinajstić information content (AvgIpc) is 3.36. The van der Waals surface area contributed by atoms with E-state index in [1.54, 1.807) is 7.11 Å². The quantitative estimate of drug-likeness (QED) is 0.668. The second-order valence-corrected chi connectivity index (χ2v) is 5.95. The lowest BCUT2D eigenvalue weighted by Crippen LogP contribution is -2.07. The number of rotatable bonds is 7. The first-order valence-electron chi connectivity index (χ1n) is 8.19. The molecule has 1 fully saturated rings. The molecule has 2 aromatic heterocycles.